The summed E-state index contributed by atoms with van der Waals surface area (Å²) in [5, 5.41) is 13.7. The lowest BCUT2D eigenvalue weighted by atomic mass is 9.66. The van der Waals surface area contributed by atoms with Crippen LogP contribution in [0.15, 0.2) is 24.4 Å². The van der Waals surface area contributed by atoms with Crippen molar-refractivity contribution in [3.63, 3.8) is 0 Å². The Kier molecular flexibility index (Phi) is 7.09. The molecule has 0 unspecified atom stereocenters. The van der Waals surface area contributed by atoms with Crippen molar-refractivity contribution >= 4 is 28.4 Å². The van der Waals surface area contributed by atoms with Crippen LogP contribution in [-0.2, 0) is 26.2 Å². The molecule has 1 heterocycles. The maximum Gasteiger partial charge on any atom is 0.339 e. The molecular weight excluding hydrogens is 432 g/mol. The van der Waals surface area contributed by atoms with Crippen molar-refractivity contribution in [2.24, 2.45) is 0 Å². The lowest BCUT2D eigenvalue weighted by Gasteiger charge is -2.41. The molecule has 9 heteroatoms. The van der Waals surface area contributed by atoms with Crippen molar-refractivity contribution < 1.29 is 28.9 Å². The molecule has 0 bridgehead atoms. The molecule has 1 aromatic carbocycles. The fourth-order valence-electron chi connectivity index (χ4n) is 3.59. The number of hydrogen-bond acceptors (Lipinski definition) is 9. The number of anilines is 1. The summed E-state index contributed by atoms with van der Waals surface area (Å²) >= 11 is 1.35. The first-order valence-electron chi connectivity index (χ1n) is 10.5. The molecule has 1 saturated carbocycles. The fourth-order valence-corrected chi connectivity index (χ4v) is 4.60. The first-order valence-corrected chi connectivity index (χ1v) is 11.4. The van der Waals surface area contributed by atoms with Crippen molar-refractivity contribution in [1.29, 1.82) is 0 Å². The summed E-state index contributed by atoms with van der Waals surface area (Å²) in [6.07, 6.45) is 1.79. The molecular formula is C23H30N2O6S. The Morgan fingerprint density at radius 1 is 1.31 bits per heavy atom. The minimum atomic E-state index is -0.838. The van der Waals surface area contributed by atoms with Gasteiger partial charge < -0.3 is 24.6 Å². The average molecular weight is 463 g/mol. The smallest absolute Gasteiger partial charge is 0.339 e. The third-order valence-electron chi connectivity index (χ3n) is 5.18. The minimum absolute atomic E-state index is 0.283. The van der Waals surface area contributed by atoms with E-state index in [0.717, 1.165) is 10.4 Å². The van der Waals surface area contributed by atoms with Crippen molar-refractivity contribution in [2.45, 2.75) is 64.2 Å². The van der Waals surface area contributed by atoms with E-state index in [1.54, 1.807) is 32.4 Å². The lowest BCUT2D eigenvalue weighted by molar-refractivity contribution is -0.159. The van der Waals surface area contributed by atoms with Crippen LogP contribution in [0.5, 0.6) is 5.75 Å². The molecule has 1 fully saturated rings. The standard InChI is InChI=1S/C23H30N2O6S/c1-6-30-20(28)23(10-15(26)11-23)18-13-25-21(32-18)24-12-14-7-8-16(29-5)9-17(14)19(27)31-22(2,3)4/h7-9,13,15,26H,6,10-12H2,1-5H3,(H,24,25). The number of nitrogens with zero attached hydrogens (tertiary/aromatic N) is 1. The first kappa shape index (κ1) is 24.0. The van der Waals surface area contributed by atoms with Gasteiger partial charge in [0.2, 0.25) is 0 Å². The van der Waals surface area contributed by atoms with Crippen molar-refractivity contribution in [3.8, 4) is 5.75 Å². The summed E-state index contributed by atoms with van der Waals surface area (Å²) in [5.41, 5.74) is -0.317. The van der Waals surface area contributed by atoms with Crippen LogP contribution in [0.4, 0.5) is 5.13 Å². The maximum atomic E-state index is 12.7. The number of hydrogen-bond donors (Lipinski definition) is 2. The average Bonchev–Trinajstić information content (AvgIpc) is 3.17. The highest BCUT2D eigenvalue weighted by molar-refractivity contribution is 7.15. The molecule has 0 amide bonds. The zero-order chi connectivity index (χ0) is 23.5. The monoisotopic (exact) mass is 462 g/mol. The normalized spacial score (nSPS) is 20.2. The van der Waals surface area contributed by atoms with E-state index in [9.17, 15) is 14.7 Å². The van der Waals surface area contributed by atoms with Crippen LogP contribution < -0.4 is 10.1 Å². The summed E-state index contributed by atoms with van der Waals surface area (Å²) in [6.45, 7) is 7.83. The second-order valence-corrected chi connectivity index (χ2v) is 9.80. The van der Waals surface area contributed by atoms with Gasteiger partial charge in [0, 0.05) is 17.6 Å². The maximum absolute atomic E-state index is 12.7. The fraction of sp³-hybridized carbons (Fsp3) is 0.522. The summed E-state index contributed by atoms with van der Waals surface area (Å²) in [5.74, 6) is -0.202. The summed E-state index contributed by atoms with van der Waals surface area (Å²) in [4.78, 5) is 30.4. The number of thiazole rings is 1. The van der Waals surface area contributed by atoms with Gasteiger partial charge in [-0.3, -0.25) is 4.79 Å². The van der Waals surface area contributed by atoms with Crippen LogP contribution in [0.1, 0.15) is 61.3 Å². The molecule has 0 saturated heterocycles. The predicted octanol–water partition coefficient (Wildman–Crippen LogP) is 3.67. The van der Waals surface area contributed by atoms with Gasteiger partial charge in [-0.25, -0.2) is 9.78 Å². The molecule has 2 aromatic rings. The van der Waals surface area contributed by atoms with Crippen LogP contribution in [0.3, 0.4) is 0 Å². The van der Waals surface area contributed by atoms with E-state index in [-0.39, 0.29) is 12.6 Å². The van der Waals surface area contributed by atoms with Gasteiger partial charge in [0.25, 0.3) is 0 Å². The number of methoxy groups -OCH3 is 1. The third-order valence-corrected chi connectivity index (χ3v) is 6.34. The SMILES string of the molecule is CCOC(=O)C1(c2cnc(NCc3ccc(OC)cc3C(=O)OC(C)(C)C)s2)CC(O)C1. The molecule has 174 valence electrons. The van der Waals surface area contributed by atoms with E-state index in [1.807, 2.05) is 26.8 Å². The quantitative estimate of drug-likeness (QED) is 0.572. The second kappa shape index (κ2) is 9.46. The molecule has 2 N–H and O–H groups in total. The number of carbonyl (C=O) groups is 2. The number of nitrogens with one attached hydrogen (secondary N) is 1. The third kappa shape index (κ3) is 5.21. The van der Waals surface area contributed by atoms with Gasteiger partial charge >= 0.3 is 11.9 Å². The molecule has 1 aliphatic rings. The number of aliphatic hydroxyl groups excluding tert-OH is 1. The molecule has 0 spiro atoms. The minimum Gasteiger partial charge on any atom is -0.497 e. The van der Waals surface area contributed by atoms with Gasteiger partial charge in [0.15, 0.2) is 5.13 Å². The number of ether oxygens (including phenoxy) is 3. The van der Waals surface area contributed by atoms with Gasteiger partial charge in [-0.05, 0) is 58.2 Å². The zero-order valence-electron chi connectivity index (χ0n) is 19.1. The highest BCUT2D eigenvalue weighted by Gasteiger charge is 2.53. The Morgan fingerprint density at radius 3 is 2.62 bits per heavy atom. The Morgan fingerprint density at radius 2 is 2.03 bits per heavy atom. The van der Waals surface area contributed by atoms with E-state index in [4.69, 9.17) is 14.2 Å². The largest absolute Gasteiger partial charge is 0.497 e. The second-order valence-electron chi connectivity index (χ2n) is 8.77. The molecule has 0 aliphatic heterocycles. The predicted molar refractivity (Wildman–Crippen MR) is 121 cm³/mol. The lowest BCUT2D eigenvalue weighted by Crippen LogP contribution is -2.51. The Labute approximate surface area is 191 Å². The molecule has 3 rings (SSSR count). The van der Waals surface area contributed by atoms with E-state index in [1.165, 1.54) is 11.3 Å². The molecule has 1 aromatic heterocycles. The Hall–Kier alpha value is -2.65. The number of aliphatic hydroxyl groups is 1. The van der Waals surface area contributed by atoms with Crippen LogP contribution in [0.25, 0.3) is 0 Å². The topological polar surface area (TPSA) is 107 Å². The Bertz CT molecular complexity index is 975. The van der Waals surface area contributed by atoms with E-state index in [2.05, 4.69) is 10.3 Å². The zero-order valence-corrected chi connectivity index (χ0v) is 19.9. The first-order chi connectivity index (χ1) is 15.1. The number of benzene rings is 1. The molecule has 1 aliphatic carbocycles. The summed E-state index contributed by atoms with van der Waals surface area (Å²) in [7, 11) is 1.54. The highest BCUT2D eigenvalue weighted by atomic mass is 32.1. The number of carbonyl (C=O) groups excluding carboxylic acids is 2. The van der Waals surface area contributed by atoms with Crippen LogP contribution >= 0.6 is 11.3 Å². The Balaban J connectivity index is 1.77. The van der Waals surface area contributed by atoms with Gasteiger partial charge in [0.1, 0.15) is 16.8 Å². The van der Waals surface area contributed by atoms with Gasteiger partial charge in [-0.1, -0.05) is 6.07 Å². The number of esters is 2. The van der Waals surface area contributed by atoms with Crippen LogP contribution in [0, 0.1) is 0 Å². The number of aromatic nitrogens is 1. The van der Waals surface area contributed by atoms with Crippen LogP contribution in [-0.4, -0.2) is 47.5 Å². The van der Waals surface area contributed by atoms with Crippen molar-refractivity contribution in [2.75, 3.05) is 19.0 Å². The number of rotatable bonds is 8. The van der Waals surface area contributed by atoms with E-state index < -0.39 is 23.1 Å². The van der Waals surface area contributed by atoms with Gasteiger partial charge in [0.05, 0.1) is 25.4 Å². The van der Waals surface area contributed by atoms with E-state index in [0.29, 0.717) is 35.8 Å². The summed E-state index contributed by atoms with van der Waals surface area (Å²) in [6, 6.07) is 5.25. The van der Waals surface area contributed by atoms with Crippen molar-refractivity contribution in [1.82, 2.24) is 4.98 Å². The van der Waals surface area contributed by atoms with Crippen molar-refractivity contribution in [3.05, 3.63) is 40.4 Å². The van der Waals surface area contributed by atoms with Gasteiger partial charge in [-0.2, -0.15) is 0 Å². The molecule has 8 nitrogen and oxygen atoms in total. The molecule has 0 radical (unpaired) electrons. The van der Waals surface area contributed by atoms with Gasteiger partial charge in [-0.15, -0.1) is 11.3 Å². The molecule has 32 heavy (non-hydrogen) atoms. The van der Waals surface area contributed by atoms with Crippen LogP contribution in [0.2, 0.25) is 0 Å². The summed E-state index contributed by atoms with van der Waals surface area (Å²) < 4.78 is 16.0. The highest BCUT2D eigenvalue weighted by Crippen LogP contribution is 2.47. The molecule has 0 atom stereocenters. The van der Waals surface area contributed by atoms with E-state index >= 15 is 0 Å².